The first-order valence-corrected chi connectivity index (χ1v) is 6.88. The van der Waals surface area contributed by atoms with Crippen molar-refractivity contribution in [3.05, 3.63) is 57.3 Å². The molecule has 0 saturated carbocycles. The van der Waals surface area contributed by atoms with Gasteiger partial charge in [-0.2, -0.15) is 0 Å². The third kappa shape index (κ3) is 3.93. The van der Waals surface area contributed by atoms with Crippen molar-refractivity contribution >= 4 is 27.5 Å². The van der Waals surface area contributed by atoms with Crippen LogP contribution in [0.25, 0.3) is 0 Å². The molecule has 0 unspecified atom stereocenters. The Morgan fingerprint density at radius 1 is 1.21 bits per heavy atom. The van der Waals surface area contributed by atoms with Crippen molar-refractivity contribution in [1.82, 2.24) is 0 Å². The van der Waals surface area contributed by atoms with Crippen molar-refractivity contribution in [1.29, 1.82) is 0 Å². The molecule has 0 radical (unpaired) electrons. The summed E-state index contributed by atoms with van der Waals surface area (Å²) in [5, 5.41) is 0.478. The van der Waals surface area contributed by atoms with Crippen LogP contribution in [-0.2, 0) is 6.42 Å². The average molecular weight is 345 g/mol. The number of hydrogen-bond donors (Lipinski definition) is 1. The van der Waals surface area contributed by atoms with Gasteiger partial charge in [0.2, 0.25) is 0 Å². The molecule has 2 N–H and O–H groups in total. The van der Waals surface area contributed by atoms with Crippen LogP contribution in [0, 0.1) is 5.82 Å². The maximum atomic E-state index is 13.2. The van der Waals surface area contributed by atoms with Crippen LogP contribution in [-0.4, -0.2) is 6.54 Å². The van der Waals surface area contributed by atoms with Crippen LogP contribution in [0.3, 0.4) is 0 Å². The minimum atomic E-state index is -0.375. The molecule has 0 heterocycles. The van der Waals surface area contributed by atoms with Crippen molar-refractivity contribution in [3.8, 4) is 11.5 Å². The lowest BCUT2D eigenvalue weighted by Crippen LogP contribution is -2.02. The summed E-state index contributed by atoms with van der Waals surface area (Å²) >= 11 is 9.33. The van der Waals surface area contributed by atoms with E-state index in [9.17, 15) is 4.39 Å². The zero-order valence-electron chi connectivity index (χ0n) is 10.00. The van der Waals surface area contributed by atoms with Gasteiger partial charge in [-0.15, -0.1) is 0 Å². The van der Waals surface area contributed by atoms with Crippen molar-refractivity contribution in [2.24, 2.45) is 5.73 Å². The lowest BCUT2D eigenvalue weighted by molar-refractivity contribution is 0.476. The number of hydrogen-bond acceptors (Lipinski definition) is 2. The van der Waals surface area contributed by atoms with Crippen molar-refractivity contribution in [2.75, 3.05) is 6.54 Å². The molecule has 0 aromatic heterocycles. The normalized spacial score (nSPS) is 10.5. The Morgan fingerprint density at radius 2 is 2.00 bits per heavy atom. The molecule has 19 heavy (non-hydrogen) atoms. The van der Waals surface area contributed by atoms with Gasteiger partial charge in [-0.25, -0.2) is 4.39 Å². The van der Waals surface area contributed by atoms with E-state index in [1.165, 1.54) is 12.1 Å². The minimum Gasteiger partial charge on any atom is -0.456 e. The summed E-state index contributed by atoms with van der Waals surface area (Å²) in [6, 6.07) is 9.79. The van der Waals surface area contributed by atoms with Gasteiger partial charge in [-0.05, 0) is 42.8 Å². The van der Waals surface area contributed by atoms with Crippen molar-refractivity contribution in [2.45, 2.75) is 6.42 Å². The molecule has 2 aromatic carbocycles. The summed E-state index contributed by atoms with van der Waals surface area (Å²) in [4.78, 5) is 0. The zero-order chi connectivity index (χ0) is 13.8. The van der Waals surface area contributed by atoms with E-state index in [1.54, 1.807) is 18.2 Å². The summed E-state index contributed by atoms with van der Waals surface area (Å²) in [7, 11) is 0. The molecule has 5 heteroatoms. The molecule has 0 aliphatic carbocycles. The van der Waals surface area contributed by atoms with Crippen LogP contribution >= 0.6 is 27.5 Å². The van der Waals surface area contributed by atoms with Gasteiger partial charge in [-0.3, -0.25) is 0 Å². The predicted molar refractivity (Wildman–Crippen MR) is 78.4 cm³/mol. The Morgan fingerprint density at radius 3 is 2.63 bits per heavy atom. The number of rotatable bonds is 4. The second kappa shape index (κ2) is 6.37. The topological polar surface area (TPSA) is 35.2 Å². The van der Waals surface area contributed by atoms with Crippen LogP contribution in [0.2, 0.25) is 5.02 Å². The van der Waals surface area contributed by atoms with Gasteiger partial charge in [0.15, 0.2) is 0 Å². The number of nitrogens with two attached hydrogens (primary N) is 1. The van der Waals surface area contributed by atoms with Crippen LogP contribution in [0.15, 0.2) is 40.9 Å². The second-order valence-corrected chi connectivity index (χ2v) is 5.33. The Labute approximate surface area is 124 Å². The molecule has 100 valence electrons. The van der Waals surface area contributed by atoms with E-state index in [0.29, 0.717) is 27.5 Å². The lowest BCUT2D eigenvalue weighted by Gasteiger charge is -2.09. The van der Waals surface area contributed by atoms with E-state index in [0.717, 1.165) is 12.0 Å². The van der Waals surface area contributed by atoms with Gasteiger partial charge in [0.25, 0.3) is 0 Å². The Balaban J connectivity index is 2.23. The summed E-state index contributed by atoms with van der Waals surface area (Å²) < 4.78 is 19.4. The number of benzene rings is 2. The van der Waals surface area contributed by atoms with E-state index in [4.69, 9.17) is 22.1 Å². The minimum absolute atomic E-state index is 0.375. The molecule has 0 spiro atoms. The van der Waals surface area contributed by atoms with Gasteiger partial charge in [0, 0.05) is 10.5 Å². The van der Waals surface area contributed by atoms with E-state index >= 15 is 0 Å². The number of halogens is 3. The highest BCUT2D eigenvalue weighted by Crippen LogP contribution is 2.31. The molecular weight excluding hydrogens is 333 g/mol. The van der Waals surface area contributed by atoms with Gasteiger partial charge >= 0.3 is 0 Å². The van der Waals surface area contributed by atoms with Crippen molar-refractivity contribution < 1.29 is 9.13 Å². The zero-order valence-corrected chi connectivity index (χ0v) is 12.3. The highest BCUT2D eigenvalue weighted by molar-refractivity contribution is 9.10. The average Bonchev–Trinajstić information content (AvgIpc) is 2.32. The fraction of sp³-hybridized carbons (Fsp3) is 0.143. The molecule has 0 bridgehead atoms. The first kappa shape index (κ1) is 14.3. The van der Waals surface area contributed by atoms with Gasteiger partial charge in [0.05, 0.1) is 5.02 Å². The Kier molecular flexibility index (Phi) is 4.80. The molecule has 0 fully saturated rings. The van der Waals surface area contributed by atoms with Crippen LogP contribution in [0.4, 0.5) is 4.39 Å². The molecule has 0 amide bonds. The highest BCUT2D eigenvalue weighted by atomic mass is 79.9. The molecule has 2 aromatic rings. The van der Waals surface area contributed by atoms with E-state index < -0.39 is 0 Å². The van der Waals surface area contributed by atoms with E-state index in [-0.39, 0.29) is 5.82 Å². The predicted octanol–water partition coefficient (Wildman–Crippen LogP) is 4.54. The van der Waals surface area contributed by atoms with E-state index in [1.807, 2.05) is 6.07 Å². The monoisotopic (exact) mass is 343 g/mol. The van der Waals surface area contributed by atoms with E-state index in [2.05, 4.69) is 15.9 Å². The first-order valence-electron chi connectivity index (χ1n) is 5.71. The lowest BCUT2D eigenvalue weighted by atomic mass is 10.1. The quantitative estimate of drug-likeness (QED) is 0.884. The third-order valence-corrected chi connectivity index (χ3v) is 3.25. The van der Waals surface area contributed by atoms with Crippen LogP contribution in [0.5, 0.6) is 11.5 Å². The first-order chi connectivity index (χ1) is 9.08. The summed E-state index contributed by atoms with van der Waals surface area (Å²) in [5.74, 6) is 0.500. The maximum absolute atomic E-state index is 13.2. The Hall–Kier alpha value is -1.10. The van der Waals surface area contributed by atoms with Gasteiger partial charge in [0.1, 0.15) is 17.3 Å². The standard InChI is InChI=1S/C14H12BrClFNO/c15-10-6-11(17)8-12(7-10)19-14-2-1-9(3-4-18)5-13(14)16/h1-2,5-8H,3-4,18H2. The smallest absolute Gasteiger partial charge is 0.146 e. The van der Waals surface area contributed by atoms with Gasteiger partial charge < -0.3 is 10.5 Å². The van der Waals surface area contributed by atoms with Crippen LogP contribution < -0.4 is 10.5 Å². The third-order valence-electron chi connectivity index (χ3n) is 2.49. The highest BCUT2D eigenvalue weighted by Gasteiger charge is 2.06. The summed E-state index contributed by atoms with van der Waals surface area (Å²) in [5.41, 5.74) is 6.53. The maximum Gasteiger partial charge on any atom is 0.146 e. The second-order valence-electron chi connectivity index (χ2n) is 4.01. The molecule has 0 saturated heterocycles. The summed E-state index contributed by atoms with van der Waals surface area (Å²) in [6.45, 7) is 0.563. The Bertz CT molecular complexity index is 571. The fourth-order valence-corrected chi connectivity index (χ4v) is 2.35. The number of ether oxygens (including phenoxy) is 1. The van der Waals surface area contributed by atoms with Gasteiger partial charge in [-0.1, -0.05) is 33.6 Å². The largest absolute Gasteiger partial charge is 0.456 e. The molecule has 0 atom stereocenters. The molecule has 0 aliphatic rings. The molecule has 2 nitrogen and oxygen atoms in total. The van der Waals surface area contributed by atoms with Crippen molar-refractivity contribution in [3.63, 3.8) is 0 Å². The molecule has 0 aliphatic heterocycles. The SMILES string of the molecule is NCCc1ccc(Oc2cc(F)cc(Br)c2)c(Cl)c1. The van der Waals surface area contributed by atoms with Crippen LogP contribution in [0.1, 0.15) is 5.56 Å². The molecular formula is C14H12BrClFNO. The molecule has 2 rings (SSSR count). The summed E-state index contributed by atoms with van der Waals surface area (Å²) in [6.07, 6.45) is 0.755. The fourth-order valence-electron chi connectivity index (χ4n) is 1.66.